The Labute approximate surface area is 159 Å². The maximum atomic E-state index is 12.4. The predicted molar refractivity (Wildman–Crippen MR) is 98.1 cm³/mol. The van der Waals surface area contributed by atoms with E-state index in [1.54, 1.807) is 6.07 Å². The largest absolute Gasteiger partial charge is 0.452 e. The molecule has 1 heterocycles. The average Bonchev–Trinajstić information content (AvgIpc) is 2.95. The van der Waals surface area contributed by atoms with E-state index >= 15 is 0 Å². The molecule has 8 heteroatoms. The molecule has 7 nitrogen and oxygen atoms in total. The van der Waals surface area contributed by atoms with E-state index in [-0.39, 0.29) is 35.1 Å². The van der Waals surface area contributed by atoms with E-state index < -0.39 is 10.9 Å². The number of ketones is 1. The van der Waals surface area contributed by atoms with Gasteiger partial charge in [-0.2, -0.15) is 0 Å². The molecule has 0 unspecified atom stereocenters. The first kappa shape index (κ1) is 18.6. The molecule has 0 atom stereocenters. The molecule has 0 N–H and O–H groups in total. The highest BCUT2D eigenvalue weighted by Gasteiger charge is 2.28. The highest BCUT2D eigenvalue weighted by atomic mass is 35.5. The molecular formula is C19H14ClNO6. The van der Waals surface area contributed by atoms with Crippen LogP contribution in [0.15, 0.2) is 48.2 Å². The summed E-state index contributed by atoms with van der Waals surface area (Å²) in [5.41, 5.74) is 0.707. The van der Waals surface area contributed by atoms with E-state index in [0.29, 0.717) is 23.4 Å². The van der Waals surface area contributed by atoms with Gasteiger partial charge in [-0.25, -0.2) is 0 Å². The molecule has 0 bridgehead atoms. The SMILES string of the molecule is O=C(CCCCl)Oc1ccc2c(c1)OC(=Cc1cccc([N+](=O)[O-])c1)C2=O. The summed E-state index contributed by atoms with van der Waals surface area (Å²) in [4.78, 5) is 34.5. The normalized spacial score (nSPS) is 14.0. The molecular weight excluding hydrogens is 374 g/mol. The van der Waals surface area contributed by atoms with Gasteiger partial charge in [0.1, 0.15) is 11.5 Å². The van der Waals surface area contributed by atoms with Gasteiger partial charge in [-0.05, 0) is 30.2 Å². The molecule has 0 spiro atoms. The number of alkyl halides is 1. The van der Waals surface area contributed by atoms with Crippen LogP contribution in [0.1, 0.15) is 28.8 Å². The number of nitro benzene ring substituents is 1. The second kappa shape index (κ2) is 8.01. The molecule has 0 fully saturated rings. The number of nitrogens with zero attached hydrogens (tertiary/aromatic N) is 1. The van der Waals surface area contributed by atoms with Gasteiger partial charge in [0.25, 0.3) is 5.69 Å². The fraction of sp³-hybridized carbons (Fsp3) is 0.158. The summed E-state index contributed by atoms with van der Waals surface area (Å²) in [6, 6.07) is 10.3. The van der Waals surface area contributed by atoms with Crippen molar-refractivity contribution in [3.8, 4) is 11.5 Å². The zero-order valence-corrected chi connectivity index (χ0v) is 14.8. The molecule has 0 amide bonds. The van der Waals surface area contributed by atoms with Crippen molar-refractivity contribution in [1.29, 1.82) is 0 Å². The summed E-state index contributed by atoms with van der Waals surface area (Å²) in [7, 11) is 0. The first-order valence-corrected chi connectivity index (χ1v) is 8.61. The predicted octanol–water partition coefficient (Wildman–Crippen LogP) is 4.14. The highest BCUT2D eigenvalue weighted by molar-refractivity contribution is 6.18. The lowest BCUT2D eigenvalue weighted by Crippen LogP contribution is -2.07. The van der Waals surface area contributed by atoms with Crippen LogP contribution in [0.2, 0.25) is 0 Å². The van der Waals surface area contributed by atoms with Gasteiger partial charge >= 0.3 is 5.97 Å². The number of esters is 1. The van der Waals surface area contributed by atoms with Gasteiger partial charge in [0.2, 0.25) is 5.78 Å². The fourth-order valence-electron chi connectivity index (χ4n) is 2.50. The Morgan fingerprint density at radius 2 is 2.07 bits per heavy atom. The minimum atomic E-state index is -0.515. The average molecular weight is 388 g/mol. The molecule has 2 aromatic rings. The summed E-state index contributed by atoms with van der Waals surface area (Å²) < 4.78 is 10.7. The van der Waals surface area contributed by atoms with Gasteiger partial charge in [-0.3, -0.25) is 19.7 Å². The van der Waals surface area contributed by atoms with Gasteiger partial charge < -0.3 is 9.47 Å². The molecule has 2 aromatic carbocycles. The first-order valence-electron chi connectivity index (χ1n) is 8.07. The second-order valence-electron chi connectivity index (χ2n) is 5.72. The third kappa shape index (κ3) is 4.32. The summed E-state index contributed by atoms with van der Waals surface area (Å²) in [5, 5.41) is 10.9. The number of Topliss-reactive ketones (excluding diaryl/α,β-unsaturated/α-hetero) is 1. The van der Waals surface area contributed by atoms with Crippen LogP contribution in [0.25, 0.3) is 6.08 Å². The van der Waals surface area contributed by atoms with Crippen LogP contribution < -0.4 is 9.47 Å². The Morgan fingerprint density at radius 3 is 2.81 bits per heavy atom. The monoisotopic (exact) mass is 387 g/mol. The van der Waals surface area contributed by atoms with Crippen LogP contribution >= 0.6 is 11.6 Å². The van der Waals surface area contributed by atoms with Crippen LogP contribution in [0, 0.1) is 10.1 Å². The molecule has 138 valence electrons. The van der Waals surface area contributed by atoms with Gasteiger partial charge in [-0.15, -0.1) is 11.6 Å². The van der Waals surface area contributed by atoms with E-state index in [9.17, 15) is 19.7 Å². The van der Waals surface area contributed by atoms with Gasteiger partial charge in [0.15, 0.2) is 5.76 Å². The quantitative estimate of drug-likeness (QED) is 0.184. The summed E-state index contributed by atoms with van der Waals surface area (Å²) in [5.74, 6) is 0.153. The van der Waals surface area contributed by atoms with E-state index in [0.717, 1.165) is 0 Å². The summed E-state index contributed by atoms with van der Waals surface area (Å²) >= 11 is 5.54. The molecule has 0 saturated carbocycles. The minimum absolute atomic E-state index is 0.0381. The van der Waals surface area contributed by atoms with E-state index in [1.165, 1.54) is 42.5 Å². The van der Waals surface area contributed by atoms with Gasteiger partial charge in [0, 0.05) is 30.5 Å². The Kier molecular flexibility index (Phi) is 5.52. The lowest BCUT2D eigenvalue weighted by molar-refractivity contribution is -0.384. The highest BCUT2D eigenvalue weighted by Crippen LogP contribution is 2.35. The number of allylic oxidation sites excluding steroid dienone is 1. The second-order valence-corrected chi connectivity index (χ2v) is 6.09. The third-order valence-corrected chi connectivity index (χ3v) is 4.03. The Hall–Kier alpha value is -3.19. The number of hydrogen-bond donors (Lipinski definition) is 0. The Morgan fingerprint density at radius 1 is 1.26 bits per heavy atom. The molecule has 0 aliphatic carbocycles. The zero-order chi connectivity index (χ0) is 19.4. The maximum Gasteiger partial charge on any atom is 0.311 e. The van der Waals surface area contributed by atoms with Crippen LogP contribution in [-0.4, -0.2) is 22.6 Å². The maximum absolute atomic E-state index is 12.4. The third-order valence-electron chi connectivity index (χ3n) is 3.77. The fourth-order valence-corrected chi connectivity index (χ4v) is 2.64. The number of carbonyl (C=O) groups is 2. The van der Waals surface area contributed by atoms with Crippen molar-refractivity contribution in [2.75, 3.05) is 5.88 Å². The van der Waals surface area contributed by atoms with Crippen molar-refractivity contribution in [3.05, 3.63) is 69.5 Å². The topological polar surface area (TPSA) is 95.7 Å². The number of benzene rings is 2. The smallest absolute Gasteiger partial charge is 0.311 e. The van der Waals surface area contributed by atoms with Crippen LogP contribution in [0.4, 0.5) is 5.69 Å². The number of rotatable bonds is 6. The van der Waals surface area contributed by atoms with Crippen molar-refractivity contribution in [3.63, 3.8) is 0 Å². The van der Waals surface area contributed by atoms with Crippen molar-refractivity contribution in [1.82, 2.24) is 0 Å². The molecule has 3 rings (SSSR count). The number of halogens is 1. The van der Waals surface area contributed by atoms with Crippen LogP contribution in [-0.2, 0) is 4.79 Å². The van der Waals surface area contributed by atoms with Crippen LogP contribution in [0.3, 0.4) is 0 Å². The number of carbonyl (C=O) groups excluding carboxylic acids is 2. The number of non-ortho nitro benzene ring substituents is 1. The molecule has 27 heavy (non-hydrogen) atoms. The first-order chi connectivity index (χ1) is 13.0. The lowest BCUT2D eigenvalue weighted by Gasteiger charge is -2.05. The van der Waals surface area contributed by atoms with Crippen molar-refractivity contribution >= 4 is 35.1 Å². The minimum Gasteiger partial charge on any atom is -0.452 e. The molecule has 0 saturated heterocycles. The van der Waals surface area contributed by atoms with E-state index in [2.05, 4.69) is 0 Å². The number of ether oxygens (including phenoxy) is 2. The van der Waals surface area contributed by atoms with Crippen molar-refractivity contribution < 1.29 is 24.0 Å². The van der Waals surface area contributed by atoms with Crippen molar-refractivity contribution in [2.45, 2.75) is 12.8 Å². The summed E-state index contributed by atoms with van der Waals surface area (Å²) in [6.07, 6.45) is 2.14. The lowest BCUT2D eigenvalue weighted by atomic mass is 10.1. The van der Waals surface area contributed by atoms with Gasteiger partial charge in [0.05, 0.1) is 10.5 Å². The molecule has 0 radical (unpaired) electrons. The Balaban J connectivity index is 1.79. The van der Waals surface area contributed by atoms with Crippen LogP contribution in [0.5, 0.6) is 11.5 Å². The van der Waals surface area contributed by atoms with E-state index in [4.69, 9.17) is 21.1 Å². The molecule has 0 aromatic heterocycles. The van der Waals surface area contributed by atoms with Gasteiger partial charge in [-0.1, -0.05) is 12.1 Å². The zero-order valence-electron chi connectivity index (χ0n) is 14.0. The molecule has 1 aliphatic heterocycles. The number of fused-ring (bicyclic) bond motifs is 1. The number of hydrogen-bond acceptors (Lipinski definition) is 6. The summed E-state index contributed by atoms with van der Waals surface area (Å²) in [6.45, 7) is 0. The van der Waals surface area contributed by atoms with Crippen molar-refractivity contribution in [2.24, 2.45) is 0 Å². The standard InChI is InChI=1S/C19H14ClNO6/c20-8-2-5-18(22)26-14-6-7-15-16(11-14)27-17(19(15)23)10-12-3-1-4-13(9-12)21(24)25/h1,3-4,6-7,9-11H,2,5,8H2. The Bertz CT molecular complexity index is 953. The molecule has 1 aliphatic rings. The van der Waals surface area contributed by atoms with E-state index in [1.807, 2.05) is 0 Å². The number of nitro groups is 1.